The molecule has 0 spiro atoms. The first-order valence-electron chi connectivity index (χ1n) is 8.01. The van der Waals surface area contributed by atoms with Gasteiger partial charge in [0, 0.05) is 5.69 Å². The zero-order valence-corrected chi connectivity index (χ0v) is 14.8. The number of hydrogen-bond acceptors (Lipinski definition) is 6. The van der Waals surface area contributed by atoms with Crippen molar-refractivity contribution in [1.29, 1.82) is 0 Å². The molecular formula is C19H21N5O. The van der Waals surface area contributed by atoms with Crippen LogP contribution in [0.15, 0.2) is 42.6 Å². The standard InChI is InChI=1S/C19H21N5O/c1-12-5-8-17(25-4)16(9-12)22-19-23-18(11-20-24-19)21-15-7-6-13(2)14(3)10-15/h5-11H,1-4H3,(H2,21,22,23,24). The molecule has 6 nitrogen and oxygen atoms in total. The summed E-state index contributed by atoms with van der Waals surface area (Å²) in [5.74, 6) is 1.74. The van der Waals surface area contributed by atoms with Crippen molar-refractivity contribution >= 4 is 23.1 Å². The third-order valence-corrected chi connectivity index (χ3v) is 3.94. The molecule has 0 aliphatic rings. The van der Waals surface area contributed by atoms with Crippen molar-refractivity contribution in [3.8, 4) is 5.75 Å². The molecule has 0 fully saturated rings. The van der Waals surface area contributed by atoms with Crippen molar-refractivity contribution in [3.63, 3.8) is 0 Å². The van der Waals surface area contributed by atoms with Gasteiger partial charge < -0.3 is 15.4 Å². The van der Waals surface area contributed by atoms with E-state index in [-0.39, 0.29) is 0 Å². The van der Waals surface area contributed by atoms with Gasteiger partial charge in [-0.05, 0) is 61.7 Å². The Hall–Kier alpha value is -3.15. The molecule has 0 aliphatic carbocycles. The molecule has 128 valence electrons. The van der Waals surface area contributed by atoms with Gasteiger partial charge in [-0.2, -0.15) is 10.1 Å². The summed E-state index contributed by atoms with van der Waals surface area (Å²) in [7, 11) is 1.63. The Balaban J connectivity index is 1.82. The highest BCUT2D eigenvalue weighted by Crippen LogP contribution is 2.27. The first-order chi connectivity index (χ1) is 12.0. The Morgan fingerprint density at radius 1 is 0.920 bits per heavy atom. The van der Waals surface area contributed by atoms with E-state index in [0.717, 1.165) is 22.7 Å². The summed E-state index contributed by atoms with van der Waals surface area (Å²) in [6, 6.07) is 12.0. The molecule has 0 atom stereocenters. The Morgan fingerprint density at radius 3 is 2.52 bits per heavy atom. The first-order valence-corrected chi connectivity index (χ1v) is 8.01. The monoisotopic (exact) mass is 335 g/mol. The Morgan fingerprint density at radius 2 is 1.76 bits per heavy atom. The number of hydrogen-bond donors (Lipinski definition) is 2. The second kappa shape index (κ2) is 7.17. The van der Waals surface area contributed by atoms with Gasteiger partial charge in [0.2, 0.25) is 5.95 Å². The molecule has 3 aromatic rings. The number of rotatable bonds is 5. The van der Waals surface area contributed by atoms with Crippen LogP contribution >= 0.6 is 0 Å². The number of nitrogens with one attached hydrogen (secondary N) is 2. The van der Waals surface area contributed by atoms with Crippen LogP contribution in [0.2, 0.25) is 0 Å². The quantitative estimate of drug-likeness (QED) is 0.724. The molecule has 0 saturated carbocycles. The zero-order chi connectivity index (χ0) is 17.8. The topological polar surface area (TPSA) is 72.0 Å². The minimum Gasteiger partial charge on any atom is -0.495 e. The van der Waals surface area contributed by atoms with Crippen LogP contribution < -0.4 is 15.4 Å². The fourth-order valence-electron chi connectivity index (χ4n) is 2.42. The van der Waals surface area contributed by atoms with E-state index < -0.39 is 0 Å². The average molecular weight is 335 g/mol. The first kappa shape index (κ1) is 16.7. The zero-order valence-electron chi connectivity index (χ0n) is 14.8. The van der Waals surface area contributed by atoms with Crippen molar-refractivity contribution < 1.29 is 4.74 Å². The summed E-state index contributed by atoms with van der Waals surface area (Å²) in [6.07, 6.45) is 1.59. The van der Waals surface area contributed by atoms with E-state index in [1.807, 2.05) is 31.2 Å². The van der Waals surface area contributed by atoms with E-state index in [1.54, 1.807) is 13.3 Å². The maximum atomic E-state index is 5.37. The highest BCUT2D eigenvalue weighted by Gasteiger charge is 2.07. The molecule has 3 rings (SSSR count). The summed E-state index contributed by atoms with van der Waals surface area (Å²) >= 11 is 0. The lowest BCUT2D eigenvalue weighted by Gasteiger charge is -2.12. The number of aryl methyl sites for hydroxylation is 3. The summed E-state index contributed by atoms with van der Waals surface area (Å²) < 4.78 is 5.37. The number of anilines is 4. The molecule has 25 heavy (non-hydrogen) atoms. The van der Waals surface area contributed by atoms with E-state index in [1.165, 1.54) is 11.1 Å². The Kier molecular flexibility index (Phi) is 4.79. The Labute approximate surface area is 147 Å². The lowest BCUT2D eigenvalue weighted by atomic mass is 10.1. The number of methoxy groups -OCH3 is 1. The molecule has 0 radical (unpaired) electrons. The predicted molar refractivity (Wildman–Crippen MR) is 100 cm³/mol. The van der Waals surface area contributed by atoms with Crippen LogP contribution in [0, 0.1) is 20.8 Å². The number of ether oxygens (including phenoxy) is 1. The van der Waals surface area contributed by atoms with Gasteiger partial charge in [0.15, 0.2) is 5.82 Å². The highest BCUT2D eigenvalue weighted by atomic mass is 16.5. The lowest BCUT2D eigenvalue weighted by Crippen LogP contribution is -2.03. The van der Waals surface area contributed by atoms with Gasteiger partial charge in [-0.1, -0.05) is 12.1 Å². The maximum Gasteiger partial charge on any atom is 0.249 e. The smallest absolute Gasteiger partial charge is 0.249 e. The molecule has 1 aromatic heterocycles. The van der Waals surface area contributed by atoms with Crippen LogP contribution in [0.3, 0.4) is 0 Å². The third-order valence-electron chi connectivity index (χ3n) is 3.94. The van der Waals surface area contributed by atoms with Crippen molar-refractivity contribution in [2.45, 2.75) is 20.8 Å². The van der Waals surface area contributed by atoms with Crippen LogP contribution in [0.25, 0.3) is 0 Å². The molecule has 0 unspecified atom stereocenters. The minimum atomic E-state index is 0.401. The second-order valence-corrected chi connectivity index (χ2v) is 5.92. The van der Waals surface area contributed by atoms with Gasteiger partial charge >= 0.3 is 0 Å². The normalized spacial score (nSPS) is 10.4. The van der Waals surface area contributed by atoms with Gasteiger partial charge in [0.25, 0.3) is 0 Å². The molecule has 0 bridgehead atoms. The van der Waals surface area contributed by atoms with E-state index >= 15 is 0 Å². The van der Waals surface area contributed by atoms with Crippen molar-refractivity contribution in [2.24, 2.45) is 0 Å². The number of benzene rings is 2. The van der Waals surface area contributed by atoms with E-state index in [2.05, 4.69) is 51.8 Å². The SMILES string of the molecule is COc1ccc(C)cc1Nc1nncc(Nc2ccc(C)c(C)c2)n1. The van der Waals surface area contributed by atoms with E-state index in [9.17, 15) is 0 Å². The molecular weight excluding hydrogens is 314 g/mol. The molecule has 0 amide bonds. The number of nitrogens with zero attached hydrogens (tertiary/aromatic N) is 3. The second-order valence-electron chi connectivity index (χ2n) is 5.92. The van der Waals surface area contributed by atoms with Gasteiger partial charge in [-0.25, -0.2) is 0 Å². The van der Waals surface area contributed by atoms with Gasteiger partial charge in [-0.15, -0.1) is 5.10 Å². The van der Waals surface area contributed by atoms with Crippen molar-refractivity contribution in [1.82, 2.24) is 15.2 Å². The van der Waals surface area contributed by atoms with Crippen LogP contribution in [0.5, 0.6) is 5.75 Å². The van der Waals surface area contributed by atoms with Crippen LogP contribution in [-0.2, 0) is 0 Å². The van der Waals surface area contributed by atoms with Gasteiger partial charge in [-0.3, -0.25) is 0 Å². The Bertz CT molecular complexity index is 895. The van der Waals surface area contributed by atoms with Crippen molar-refractivity contribution in [3.05, 3.63) is 59.3 Å². The molecule has 0 aliphatic heterocycles. The summed E-state index contributed by atoms with van der Waals surface area (Å²) in [4.78, 5) is 4.47. The van der Waals surface area contributed by atoms with Crippen LogP contribution in [0.1, 0.15) is 16.7 Å². The summed E-state index contributed by atoms with van der Waals surface area (Å²) in [5.41, 5.74) is 5.34. The summed E-state index contributed by atoms with van der Waals surface area (Å²) in [6.45, 7) is 6.18. The average Bonchev–Trinajstić information content (AvgIpc) is 2.59. The van der Waals surface area contributed by atoms with Gasteiger partial charge in [0.05, 0.1) is 19.0 Å². The van der Waals surface area contributed by atoms with E-state index in [0.29, 0.717) is 11.8 Å². The fourth-order valence-corrected chi connectivity index (χ4v) is 2.42. The predicted octanol–water partition coefficient (Wildman–Crippen LogP) is 4.29. The summed E-state index contributed by atoms with van der Waals surface area (Å²) in [5, 5.41) is 14.5. The minimum absolute atomic E-state index is 0.401. The highest BCUT2D eigenvalue weighted by molar-refractivity contribution is 5.65. The molecule has 1 heterocycles. The maximum absolute atomic E-state index is 5.37. The lowest BCUT2D eigenvalue weighted by molar-refractivity contribution is 0.416. The van der Waals surface area contributed by atoms with E-state index in [4.69, 9.17) is 4.74 Å². The van der Waals surface area contributed by atoms with Gasteiger partial charge in [0.1, 0.15) is 5.75 Å². The third kappa shape index (κ3) is 4.03. The largest absolute Gasteiger partial charge is 0.495 e. The van der Waals surface area contributed by atoms with Crippen LogP contribution in [0.4, 0.5) is 23.1 Å². The number of aromatic nitrogens is 3. The molecule has 6 heteroatoms. The fraction of sp³-hybridized carbons (Fsp3) is 0.211. The molecule has 2 N–H and O–H groups in total. The van der Waals surface area contributed by atoms with Crippen molar-refractivity contribution in [2.75, 3.05) is 17.7 Å². The van der Waals surface area contributed by atoms with Crippen LogP contribution in [-0.4, -0.2) is 22.3 Å². The molecule has 2 aromatic carbocycles. The molecule has 0 saturated heterocycles.